The number of phenolic OH excluding ortho intramolecular Hbond substituents is 1. The van der Waals surface area contributed by atoms with Crippen LogP contribution in [0.3, 0.4) is 0 Å². The van der Waals surface area contributed by atoms with Crippen LogP contribution < -0.4 is 0 Å². The summed E-state index contributed by atoms with van der Waals surface area (Å²) in [7, 11) is 1.08. The summed E-state index contributed by atoms with van der Waals surface area (Å²) in [6.07, 6.45) is -1.87. The molecule has 0 aliphatic carbocycles. The standard InChI is InChI=1S/C14H14O9/c1-22-12(19)7-3-2-6(16)4-8(7)14(21,5-15)11-9(17)10(18)13(20)23-11/h2-4,11,15-18,21H,5H2,1H3/t11-,14+/m0/s1. The van der Waals surface area contributed by atoms with Gasteiger partial charge in [0.05, 0.1) is 19.3 Å². The number of aliphatic hydroxyl groups is 4. The molecular formula is C14H14O9. The Morgan fingerprint density at radius 3 is 2.48 bits per heavy atom. The van der Waals surface area contributed by atoms with E-state index in [1.807, 2.05) is 0 Å². The summed E-state index contributed by atoms with van der Waals surface area (Å²) in [5.74, 6) is -4.70. The molecule has 0 fully saturated rings. The Balaban J connectivity index is 2.64. The first kappa shape index (κ1) is 16.6. The zero-order chi connectivity index (χ0) is 17.4. The molecule has 1 heterocycles. The van der Waals surface area contributed by atoms with E-state index in [1.165, 1.54) is 0 Å². The molecule has 9 heteroatoms. The van der Waals surface area contributed by atoms with Gasteiger partial charge >= 0.3 is 11.9 Å². The van der Waals surface area contributed by atoms with Crippen LogP contribution in [0.1, 0.15) is 15.9 Å². The number of benzene rings is 1. The SMILES string of the molecule is COC(=O)c1ccc(O)cc1[C@](O)(CO)[C@H]1OC(=O)C(O)=C1O. The maximum atomic E-state index is 11.8. The Bertz CT molecular complexity index is 693. The van der Waals surface area contributed by atoms with Gasteiger partial charge in [-0.2, -0.15) is 0 Å². The number of hydrogen-bond donors (Lipinski definition) is 5. The average molecular weight is 326 g/mol. The maximum Gasteiger partial charge on any atom is 0.378 e. The van der Waals surface area contributed by atoms with E-state index in [0.29, 0.717) is 0 Å². The second kappa shape index (κ2) is 5.78. The van der Waals surface area contributed by atoms with Crippen molar-refractivity contribution in [3.8, 4) is 5.75 Å². The van der Waals surface area contributed by atoms with Crippen LogP contribution in [0.15, 0.2) is 29.7 Å². The lowest BCUT2D eigenvalue weighted by molar-refractivity contribution is -0.161. The molecule has 0 radical (unpaired) electrons. The van der Waals surface area contributed by atoms with E-state index in [-0.39, 0.29) is 16.9 Å². The lowest BCUT2D eigenvalue weighted by atomic mass is 9.84. The molecule has 124 valence electrons. The number of rotatable bonds is 4. The van der Waals surface area contributed by atoms with Crippen molar-refractivity contribution < 1.29 is 44.6 Å². The topological polar surface area (TPSA) is 154 Å². The van der Waals surface area contributed by atoms with Gasteiger partial charge in [0.1, 0.15) is 5.75 Å². The summed E-state index contributed by atoms with van der Waals surface area (Å²) in [5.41, 5.74) is -3.10. The molecule has 9 nitrogen and oxygen atoms in total. The third-order valence-electron chi connectivity index (χ3n) is 3.46. The average Bonchev–Trinajstić information content (AvgIpc) is 2.81. The number of ether oxygens (including phenoxy) is 2. The van der Waals surface area contributed by atoms with Gasteiger partial charge in [-0.3, -0.25) is 0 Å². The van der Waals surface area contributed by atoms with Gasteiger partial charge in [-0.25, -0.2) is 9.59 Å². The Kier molecular flexibility index (Phi) is 4.17. The molecule has 5 N–H and O–H groups in total. The minimum absolute atomic E-state index is 0.239. The van der Waals surface area contributed by atoms with Crippen molar-refractivity contribution in [3.05, 3.63) is 40.8 Å². The summed E-state index contributed by atoms with van der Waals surface area (Å²) in [6, 6.07) is 3.20. The van der Waals surface area contributed by atoms with Gasteiger partial charge in [-0.05, 0) is 18.2 Å². The number of carbonyl (C=O) groups excluding carboxylic acids is 2. The lowest BCUT2D eigenvalue weighted by Crippen LogP contribution is -2.45. The summed E-state index contributed by atoms with van der Waals surface area (Å²) in [6.45, 7) is -1.10. The number of hydrogen-bond acceptors (Lipinski definition) is 9. The highest BCUT2D eigenvalue weighted by molar-refractivity contribution is 5.92. The monoisotopic (exact) mass is 326 g/mol. The lowest BCUT2D eigenvalue weighted by Gasteiger charge is -2.32. The van der Waals surface area contributed by atoms with Crippen LogP contribution in [0.4, 0.5) is 0 Å². The Morgan fingerprint density at radius 1 is 1.35 bits per heavy atom. The van der Waals surface area contributed by atoms with Gasteiger partial charge in [0.15, 0.2) is 17.5 Å². The van der Waals surface area contributed by atoms with Gasteiger partial charge in [0, 0.05) is 5.56 Å². The molecule has 1 aliphatic heterocycles. The van der Waals surface area contributed by atoms with Crippen LogP contribution in [-0.2, 0) is 19.9 Å². The van der Waals surface area contributed by atoms with E-state index in [0.717, 1.165) is 25.3 Å². The van der Waals surface area contributed by atoms with E-state index in [4.69, 9.17) is 0 Å². The van der Waals surface area contributed by atoms with Crippen molar-refractivity contribution in [1.82, 2.24) is 0 Å². The molecule has 23 heavy (non-hydrogen) atoms. The summed E-state index contributed by atoms with van der Waals surface area (Å²) in [5, 5.41) is 48.9. The molecule has 1 aliphatic rings. The molecule has 0 spiro atoms. The van der Waals surface area contributed by atoms with E-state index < -0.39 is 41.8 Å². The van der Waals surface area contributed by atoms with Crippen molar-refractivity contribution in [2.45, 2.75) is 11.7 Å². The zero-order valence-electron chi connectivity index (χ0n) is 11.9. The number of phenols is 1. The van der Waals surface area contributed by atoms with Crippen LogP contribution in [0.2, 0.25) is 0 Å². The zero-order valence-corrected chi connectivity index (χ0v) is 11.9. The van der Waals surface area contributed by atoms with E-state index in [9.17, 15) is 35.1 Å². The second-order valence-corrected chi connectivity index (χ2v) is 4.82. The van der Waals surface area contributed by atoms with Gasteiger partial charge in [-0.1, -0.05) is 0 Å². The summed E-state index contributed by atoms with van der Waals surface area (Å²) in [4.78, 5) is 23.1. The van der Waals surface area contributed by atoms with Crippen LogP contribution in [0.25, 0.3) is 0 Å². The number of esters is 2. The number of aromatic hydroxyl groups is 1. The molecule has 1 aromatic carbocycles. The fourth-order valence-corrected chi connectivity index (χ4v) is 2.26. The molecule has 0 aromatic heterocycles. The Morgan fingerprint density at radius 2 is 2.00 bits per heavy atom. The molecular weight excluding hydrogens is 312 g/mol. The predicted octanol–water partition coefficient (Wildman–Crippen LogP) is -0.388. The third-order valence-corrected chi connectivity index (χ3v) is 3.46. The first-order valence-electron chi connectivity index (χ1n) is 6.34. The van der Waals surface area contributed by atoms with E-state index in [1.54, 1.807) is 0 Å². The largest absolute Gasteiger partial charge is 0.508 e. The quantitative estimate of drug-likeness (QED) is 0.465. The van der Waals surface area contributed by atoms with Crippen molar-refractivity contribution in [1.29, 1.82) is 0 Å². The van der Waals surface area contributed by atoms with Crippen LogP contribution in [0, 0.1) is 0 Å². The third kappa shape index (κ3) is 2.56. The Labute approximate surface area is 129 Å². The molecule has 2 rings (SSSR count). The first-order chi connectivity index (χ1) is 10.8. The molecule has 0 unspecified atom stereocenters. The highest BCUT2D eigenvalue weighted by atomic mass is 16.6. The molecule has 0 bridgehead atoms. The van der Waals surface area contributed by atoms with Gasteiger partial charge < -0.3 is 35.0 Å². The first-order valence-corrected chi connectivity index (χ1v) is 6.34. The number of cyclic esters (lactones) is 1. The van der Waals surface area contributed by atoms with Crippen molar-refractivity contribution in [3.63, 3.8) is 0 Å². The summed E-state index contributed by atoms with van der Waals surface area (Å²) < 4.78 is 9.19. The second-order valence-electron chi connectivity index (χ2n) is 4.82. The normalized spacial score (nSPS) is 20.1. The minimum atomic E-state index is -2.51. The van der Waals surface area contributed by atoms with Crippen LogP contribution in [0.5, 0.6) is 5.75 Å². The fraction of sp³-hybridized carbons (Fsp3) is 0.286. The van der Waals surface area contributed by atoms with Crippen molar-refractivity contribution in [2.24, 2.45) is 0 Å². The van der Waals surface area contributed by atoms with Crippen molar-refractivity contribution in [2.75, 3.05) is 13.7 Å². The molecule has 2 atom stereocenters. The fourth-order valence-electron chi connectivity index (χ4n) is 2.26. The summed E-state index contributed by atoms with van der Waals surface area (Å²) >= 11 is 0. The molecule has 1 aromatic rings. The van der Waals surface area contributed by atoms with Crippen LogP contribution in [-0.4, -0.2) is 57.3 Å². The Hall–Kier alpha value is -2.78. The van der Waals surface area contributed by atoms with E-state index in [2.05, 4.69) is 9.47 Å². The van der Waals surface area contributed by atoms with Gasteiger partial charge in [-0.15, -0.1) is 0 Å². The van der Waals surface area contributed by atoms with Gasteiger partial charge in [0.2, 0.25) is 5.76 Å². The molecule has 0 amide bonds. The van der Waals surface area contributed by atoms with E-state index >= 15 is 0 Å². The molecule has 0 saturated heterocycles. The smallest absolute Gasteiger partial charge is 0.378 e. The number of aliphatic hydroxyl groups excluding tert-OH is 3. The van der Waals surface area contributed by atoms with Gasteiger partial charge in [0.25, 0.3) is 0 Å². The molecule has 0 saturated carbocycles. The highest BCUT2D eigenvalue weighted by Gasteiger charge is 2.51. The highest BCUT2D eigenvalue weighted by Crippen LogP contribution is 2.38. The predicted molar refractivity (Wildman–Crippen MR) is 72.6 cm³/mol. The van der Waals surface area contributed by atoms with Crippen molar-refractivity contribution >= 4 is 11.9 Å². The van der Waals surface area contributed by atoms with Crippen LogP contribution >= 0.6 is 0 Å². The maximum absolute atomic E-state index is 11.8. The number of methoxy groups -OCH3 is 1. The minimum Gasteiger partial charge on any atom is -0.508 e. The number of carbonyl (C=O) groups is 2.